The van der Waals surface area contributed by atoms with Gasteiger partial charge in [0.15, 0.2) is 0 Å². The van der Waals surface area contributed by atoms with Crippen molar-refractivity contribution >= 4 is 28.8 Å². The minimum Gasteiger partial charge on any atom is -0.334 e. The van der Waals surface area contributed by atoms with Gasteiger partial charge in [0, 0.05) is 47.6 Å². The molecule has 2 aromatic carbocycles. The zero-order chi connectivity index (χ0) is 23.8. The zero-order valence-electron chi connectivity index (χ0n) is 19.3. The van der Waals surface area contributed by atoms with Gasteiger partial charge in [-0.05, 0) is 50.5 Å². The highest BCUT2D eigenvalue weighted by Gasteiger charge is 2.52. The number of hydrogen-bond acceptors (Lipinski definition) is 3. The van der Waals surface area contributed by atoms with E-state index in [1.807, 2.05) is 25.1 Å². The minimum absolute atomic E-state index is 0.0618. The number of anilines is 1. The number of allylic oxidation sites excluding steroid dienone is 2. The van der Waals surface area contributed by atoms with Crippen LogP contribution in [0, 0.1) is 5.82 Å². The molecule has 1 spiro atoms. The summed E-state index contributed by atoms with van der Waals surface area (Å²) in [7, 11) is 1.63. The molecule has 0 unspecified atom stereocenters. The zero-order valence-corrected chi connectivity index (χ0v) is 19.3. The van der Waals surface area contributed by atoms with Crippen LogP contribution in [0.15, 0.2) is 66.3 Å². The predicted molar refractivity (Wildman–Crippen MR) is 130 cm³/mol. The lowest BCUT2D eigenvalue weighted by Gasteiger charge is -2.20. The number of nitrogens with zero attached hydrogens (tertiary/aromatic N) is 3. The SMILES string of the molecule is C=C/C(=C\N=C(/C)N1CC2(CC2)c2ccc(C(=O)N(C)CC(C)=O)cc21)c1ccccc1F. The van der Waals surface area contributed by atoms with E-state index in [1.165, 1.54) is 23.5 Å². The van der Waals surface area contributed by atoms with Crippen LogP contribution in [0.1, 0.15) is 48.2 Å². The van der Waals surface area contributed by atoms with Crippen molar-refractivity contribution in [3.8, 4) is 0 Å². The van der Waals surface area contributed by atoms with Crippen molar-refractivity contribution in [2.75, 3.05) is 25.0 Å². The average molecular weight is 446 g/mol. The summed E-state index contributed by atoms with van der Waals surface area (Å²) in [6, 6.07) is 12.3. The molecule has 170 valence electrons. The number of ketones is 1. The van der Waals surface area contributed by atoms with Gasteiger partial charge >= 0.3 is 0 Å². The van der Waals surface area contributed by atoms with Gasteiger partial charge in [0.2, 0.25) is 0 Å². The summed E-state index contributed by atoms with van der Waals surface area (Å²) in [4.78, 5) is 32.5. The number of rotatable bonds is 6. The van der Waals surface area contributed by atoms with Gasteiger partial charge in [0.05, 0.1) is 6.54 Å². The first-order valence-electron chi connectivity index (χ1n) is 11.0. The predicted octanol–water partition coefficient (Wildman–Crippen LogP) is 4.98. The number of carbonyl (C=O) groups is 2. The smallest absolute Gasteiger partial charge is 0.254 e. The molecule has 0 N–H and O–H groups in total. The molecule has 1 fully saturated rings. The van der Waals surface area contributed by atoms with Crippen molar-refractivity contribution in [3.05, 3.63) is 83.8 Å². The maximum Gasteiger partial charge on any atom is 0.254 e. The fourth-order valence-electron chi connectivity index (χ4n) is 4.46. The van der Waals surface area contributed by atoms with Gasteiger partial charge in [-0.2, -0.15) is 0 Å². The van der Waals surface area contributed by atoms with Crippen molar-refractivity contribution < 1.29 is 14.0 Å². The summed E-state index contributed by atoms with van der Waals surface area (Å²) >= 11 is 0. The van der Waals surface area contributed by atoms with E-state index in [-0.39, 0.29) is 29.5 Å². The first-order valence-corrected chi connectivity index (χ1v) is 11.0. The van der Waals surface area contributed by atoms with Crippen LogP contribution in [0.25, 0.3) is 5.57 Å². The number of carbonyl (C=O) groups excluding carboxylic acids is 2. The number of Topliss-reactive ketones (excluding diaryl/α,β-unsaturated/α-hetero) is 1. The van der Waals surface area contributed by atoms with Crippen LogP contribution in [0.5, 0.6) is 0 Å². The largest absolute Gasteiger partial charge is 0.334 e. The Labute approximate surface area is 193 Å². The average Bonchev–Trinajstić information content (AvgIpc) is 3.50. The van der Waals surface area contributed by atoms with Gasteiger partial charge in [-0.25, -0.2) is 9.38 Å². The van der Waals surface area contributed by atoms with Crippen molar-refractivity contribution in [3.63, 3.8) is 0 Å². The molecule has 0 bridgehead atoms. The molecule has 5 nitrogen and oxygen atoms in total. The van der Waals surface area contributed by atoms with Crippen LogP contribution in [0.4, 0.5) is 10.1 Å². The van der Waals surface area contributed by atoms with Crippen LogP contribution in [-0.4, -0.2) is 42.6 Å². The van der Waals surface area contributed by atoms with Crippen LogP contribution in [-0.2, 0) is 10.2 Å². The van der Waals surface area contributed by atoms with Crippen LogP contribution in [0.2, 0.25) is 0 Å². The molecule has 1 aliphatic heterocycles. The summed E-state index contributed by atoms with van der Waals surface area (Å²) in [5.74, 6) is 0.191. The quantitative estimate of drug-likeness (QED) is 0.358. The van der Waals surface area contributed by atoms with E-state index in [9.17, 15) is 14.0 Å². The molecule has 0 atom stereocenters. The van der Waals surface area contributed by atoms with E-state index in [0.29, 0.717) is 16.7 Å². The fourth-order valence-corrected chi connectivity index (χ4v) is 4.46. The lowest BCUT2D eigenvalue weighted by molar-refractivity contribution is -0.117. The molecule has 4 rings (SSSR count). The molecule has 1 heterocycles. The Bertz CT molecular complexity index is 1190. The van der Waals surface area contributed by atoms with E-state index >= 15 is 0 Å². The molecule has 2 aliphatic rings. The Hall–Kier alpha value is -3.54. The van der Waals surface area contributed by atoms with Gasteiger partial charge in [-0.15, -0.1) is 0 Å². The van der Waals surface area contributed by atoms with Gasteiger partial charge in [-0.1, -0.05) is 36.9 Å². The molecular formula is C27H28FN3O2. The number of hydrogen-bond donors (Lipinski definition) is 0. The Morgan fingerprint density at radius 1 is 1.21 bits per heavy atom. The molecule has 0 aromatic heterocycles. The summed E-state index contributed by atoms with van der Waals surface area (Å²) in [5.41, 5.74) is 3.89. The third-order valence-electron chi connectivity index (χ3n) is 6.41. The highest BCUT2D eigenvalue weighted by atomic mass is 19.1. The maximum atomic E-state index is 14.2. The third-order valence-corrected chi connectivity index (χ3v) is 6.41. The van der Waals surface area contributed by atoms with E-state index in [4.69, 9.17) is 0 Å². The number of likely N-dealkylation sites (N-methyl/N-ethyl adjacent to an activating group) is 1. The number of halogens is 1. The Kier molecular flexibility index (Phi) is 6.02. The molecule has 33 heavy (non-hydrogen) atoms. The fraction of sp³-hybridized carbons (Fsp3) is 0.296. The standard InChI is InChI=1S/C27H28FN3O2/c1-5-20(22-8-6-7-9-24(22)28)15-29-19(3)31-17-27(12-13-27)23-11-10-21(14-25(23)31)26(33)30(4)16-18(2)32/h5-11,14-15H,1,12-13,16-17H2,2-4H3/b20-15+,29-19+. The molecule has 0 radical (unpaired) electrons. The molecular weight excluding hydrogens is 417 g/mol. The van der Waals surface area contributed by atoms with Crippen LogP contribution >= 0.6 is 0 Å². The number of fused-ring (bicyclic) bond motifs is 2. The van der Waals surface area contributed by atoms with E-state index in [2.05, 4.69) is 16.5 Å². The lowest BCUT2D eigenvalue weighted by Crippen LogP contribution is -2.31. The van der Waals surface area contributed by atoms with Crippen LogP contribution in [0.3, 0.4) is 0 Å². The first-order chi connectivity index (χ1) is 15.8. The second-order valence-electron chi connectivity index (χ2n) is 8.91. The topological polar surface area (TPSA) is 53.0 Å². The second-order valence-corrected chi connectivity index (χ2v) is 8.91. The van der Waals surface area contributed by atoms with Crippen molar-refractivity contribution in [1.82, 2.24) is 4.90 Å². The van der Waals surface area contributed by atoms with Crippen molar-refractivity contribution in [2.24, 2.45) is 4.99 Å². The molecule has 1 amide bonds. The Morgan fingerprint density at radius 2 is 1.94 bits per heavy atom. The van der Waals surface area contributed by atoms with Gasteiger partial charge in [0.25, 0.3) is 5.91 Å². The third kappa shape index (κ3) is 4.38. The molecule has 1 saturated carbocycles. The van der Waals surface area contributed by atoms with E-state index in [0.717, 1.165) is 30.9 Å². The number of benzene rings is 2. The van der Waals surface area contributed by atoms with E-state index < -0.39 is 0 Å². The number of aliphatic imine (C=N–C) groups is 1. The minimum atomic E-state index is -0.321. The summed E-state index contributed by atoms with van der Waals surface area (Å²) in [6.07, 6.45) is 5.43. The van der Waals surface area contributed by atoms with Gasteiger partial charge < -0.3 is 9.80 Å². The van der Waals surface area contributed by atoms with Crippen molar-refractivity contribution in [2.45, 2.75) is 32.1 Å². The molecule has 6 heteroatoms. The number of amidine groups is 1. The normalized spacial score (nSPS) is 16.5. The van der Waals surface area contributed by atoms with E-state index in [1.54, 1.807) is 37.5 Å². The lowest BCUT2D eigenvalue weighted by atomic mass is 9.97. The highest BCUT2D eigenvalue weighted by molar-refractivity contribution is 6.03. The Morgan fingerprint density at radius 3 is 2.58 bits per heavy atom. The summed E-state index contributed by atoms with van der Waals surface area (Å²) < 4.78 is 14.2. The second kappa shape index (κ2) is 8.77. The maximum absolute atomic E-state index is 14.2. The Balaban J connectivity index is 1.66. The summed E-state index contributed by atoms with van der Waals surface area (Å²) in [6.45, 7) is 8.07. The van der Waals surface area contributed by atoms with Crippen molar-refractivity contribution in [1.29, 1.82) is 0 Å². The van der Waals surface area contributed by atoms with Gasteiger partial charge in [0.1, 0.15) is 17.4 Å². The molecule has 0 saturated heterocycles. The van der Waals surface area contributed by atoms with Crippen LogP contribution < -0.4 is 4.90 Å². The monoisotopic (exact) mass is 445 g/mol. The highest BCUT2D eigenvalue weighted by Crippen LogP contribution is 2.56. The van der Waals surface area contributed by atoms with Gasteiger partial charge in [-0.3, -0.25) is 9.59 Å². The number of amides is 1. The molecule has 2 aromatic rings. The first kappa shape index (κ1) is 22.6. The summed E-state index contributed by atoms with van der Waals surface area (Å²) in [5, 5.41) is 0. The molecule has 1 aliphatic carbocycles.